The third-order valence-corrected chi connectivity index (χ3v) is 41.7. The third kappa shape index (κ3) is 10.0. The Morgan fingerprint density at radius 2 is 0.352 bits per heavy atom. The minimum atomic E-state index is -2.11. The molecule has 2 heterocycles. The minimum absolute atomic E-state index is 1.24. The maximum atomic E-state index is 2.67. The van der Waals surface area contributed by atoms with Gasteiger partial charge in [0.05, 0.1) is 0 Å². The topological polar surface area (TPSA) is 0 Å². The van der Waals surface area contributed by atoms with Crippen LogP contribution in [-0.2, 0) is 0 Å². The van der Waals surface area contributed by atoms with Crippen molar-refractivity contribution >= 4 is 166 Å². The molecular formula is C140H84Si2. The molecule has 27 aromatic rings. The normalized spacial score (nSPS) is 13.6. The maximum Gasteiger partial charge on any atom is 0.113 e. The van der Waals surface area contributed by atoms with Crippen molar-refractivity contribution in [2.75, 3.05) is 0 Å². The van der Waals surface area contributed by atoms with Gasteiger partial charge in [-0.05, 0) is 381 Å². The number of hydrogen-bond donors (Lipinski definition) is 0. The molecule has 0 fully saturated rings. The lowest BCUT2D eigenvalue weighted by molar-refractivity contribution is 1.67. The van der Waals surface area contributed by atoms with Gasteiger partial charge in [0.25, 0.3) is 0 Å². The smallest absolute Gasteiger partial charge is 0.0623 e. The lowest BCUT2D eigenvalue weighted by Gasteiger charge is -2.24. The van der Waals surface area contributed by atoms with Crippen LogP contribution in [-0.4, -0.2) is 16.1 Å². The molecule has 2 heteroatoms. The van der Waals surface area contributed by atoms with Gasteiger partial charge in [-0.1, -0.05) is 433 Å². The lowest BCUT2D eigenvalue weighted by atomic mass is 9.81. The Kier molecular flexibility index (Phi) is 15.3. The van der Waals surface area contributed by atoms with E-state index in [0.717, 1.165) is 0 Å². The summed E-state index contributed by atoms with van der Waals surface area (Å²) < 4.78 is 0. The quantitative estimate of drug-likeness (QED) is 0.0884. The lowest BCUT2D eigenvalue weighted by Crippen LogP contribution is -2.49. The van der Waals surface area contributed by atoms with Crippen molar-refractivity contribution in [2.45, 2.75) is 26.2 Å². The van der Waals surface area contributed by atoms with Gasteiger partial charge in [0, 0.05) is 0 Å². The van der Waals surface area contributed by atoms with Crippen molar-refractivity contribution in [2.24, 2.45) is 0 Å². The zero-order chi connectivity index (χ0) is 92.9. The second kappa shape index (κ2) is 27.9. The van der Waals surface area contributed by atoms with Gasteiger partial charge in [0.15, 0.2) is 0 Å². The Balaban J connectivity index is 0.000000125. The van der Waals surface area contributed by atoms with Gasteiger partial charge in [0.2, 0.25) is 0 Å². The van der Waals surface area contributed by atoms with Gasteiger partial charge >= 0.3 is 0 Å². The van der Waals surface area contributed by atoms with Crippen molar-refractivity contribution < 1.29 is 0 Å². The molecule has 27 aromatic carbocycles. The van der Waals surface area contributed by atoms with Gasteiger partial charge in [-0.3, -0.25) is 0 Å². The fourth-order valence-corrected chi connectivity index (χ4v) is 34.7. The van der Waals surface area contributed by atoms with Crippen molar-refractivity contribution in [3.63, 3.8) is 0 Å². The molecule has 0 amide bonds. The fraction of sp³-hybridized carbons (Fsp3) is 0.0286. The summed E-state index contributed by atoms with van der Waals surface area (Å²) >= 11 is 0. The second-order valence-corrected chi connectivity index (χ2v) is 50.5. The number of fused-ring (bicyclic) bond motifs is 25. The molecule has 0 atom stereocenters. The summed E-state index contributed by atoms with van der Waals surface area (Å²) in [5.74, 6) is 0. The monoisotopic (exact) mass is 1820 g/mol. The highest BCUT2D eigenvalue weighted by Crippen LogP contribution is 2.61. The van der Waals surface area contributed by atoms with Crippen molar-refractivity contribution in [1.82, 2.24) is 0 Å². The van der Waals surface area contributed by atoms with Crippen LogP contribution in [0.1, 0.15) is 0 Å². The summed E-state index contributed by atoms with van der Waals surface area (Å²) in [7, 11) is -4.21. The minimum Gasteiger partial charge on any atom is -0.0623 e. The van der Waals surface area contributed by atoms with E-state index in [2.05, 4.69) is 463 Å². The molecule has 0 saturated heterocycles. The molecule has 0 nitrogen and oxygen atoms in total. The molecule has 0 N–H and O–H groups in total. The van der Waals surface area contributed by atoms with E-state index < -0.39 is 16.1 Å². The van der Waals surface area contributed by atoms with Gasteiger partial charge in [0.1, 0.15) is 16.1 Å². The number of benzene rings is 27. The van der Waals surface area contributed by atoms with E-state index in [4.69, 9.17) is 0 Å². The van der Waals surface area contributed by atoms with Crippen molar-refractivity contribution in [3.8, 4) is 200 Å². The van der Waals surface area contributed by atoms with Crippen LogP contribution in [0.5, 0.6) is 0 Å². The second-order valence-electron chi connectivity index (χ2n) is 41.9. The molecule has 0 unspecified atom stereocenters. The summed E-state index contributed by atoms with van der Waals surface area (Å²) in [4.78, 5) is 0. The molecule has 0 saturated carbocycles. The molecule has 652 valence electrons. The molecule has 0 radical (unpaired) electrons. The van der Waals surface area contributed by atoms with Crippen molar-refractivity contribution in [1.29, 1.82) is 0 Å². The number of hydrogen-bond acceptors (Lipinski definition) is 0. The molecule has 0 bridgehead atoms. The highest BCUT2D eigenvalue weighted by Gasteiger charge is 2.42. The zero-order valence-corrected chi connectivity index (χ0v) is 80.6. The van der Waals surface area contributed by atoms with E-state index in [1.807, 2.05) is 0 Å². The molecule has 2 aliphatic heterocycles. The molecule has 34 rings (SSSR count). The predicted molar refractivity (Wildman–Crippen MR) is 613 cm³/mol. The van der Waals surface area contributed by atoms with E-state index in [0.29, 0.717) is 0 Å². The van der Waals surface area contributed by atoms with Crippen LogP contribution in [0, 0.1) is 0 Å². The Bertz CT molecular complexity index is 10500. The number of rotatable bonds is 6. The first-order valence-corrected chi connectivity index (χ1v) is 56.3. The molecule has 5 aliphatic carbocycles. The van der Waals surface area contributed by atoms with Crippen LogP contribution >= 0.6 is 0 Å². The largest absolute Gasteiger partial charge is 0.113 e. The first-order chi connectivity index (χ1) is 70.0. The zero-order valence-electron chi connectivity index (χ0n) is 78.6. The summed E-state index contributed by atoms with van der Waals surface area (Å²) in [6, 6.07) is 169. The van der Waals surface area contributed by atoms with Crippen LogP contribution in [0.2, 0.25) is 26.2 Å². The van der Waals surface area contributed by atoms with Gasteiger partial charge in [-0.25, -0.2) is 0 Å². The summed E-state index contributed by atoms with van der Waals surface area (Å²) in [5.41, 5.74) is 47.5. The van der Waals surface area contributed by atoms with Crippen molar-refractivity contribution in [3.05, 3.63) is 437 Å². The maximum absolute atomic E-state index is 2.67. The first-order valence-electron chi connectivity index (χ1n) is 50.3. The van der Waals surface area contributed by atoms with E-state index in [1.165, 1.54) is 350 Å². The molecule has 0 aromatic heterocycles. The summed E-state index contributed by atoms with van der Waals surface area (Å²) in [6.07, 6.45) is 0. The van der Waals surface area contributed by atoms with Crippen LogP contribution in [0.15, 0.2) is 437 Å². The SMILES string of the molecule is C[Si]1(C)c2ccccc2-c2cc3c(-c4ccc5c6c(cccc46)-c4ccccc4-5)c4ccc(-c5cc6cccc7ccc8cccc5c8c76)cc4c(-c4ccc5c6c(cccc46)-c4ccccc4-5)c3cc21.C[Si]1(C)c2ccccc2-c2cc3c(-c4ccc5c6c(cccc46)-c4ccccc4-5)c4ccc(-c5ccc6c7c(cccc57)-c5ccccc5-6)cc4c(-c4ccc5c6c(cccc46)-c4ccccc4-5)c3cc21. The average Bonchev–Trinajstić information content (AvgIpc) is 1.44. The van der Waals surface area contributed by atoms with Crippen LogP contribution < -0.4 is 20.7 Å². The van der Waals surface area contributed by atoms with E-state index in [1.54, 1.807) is 0 Å². The molecule has 7 aliphatic rings. The van der Waals surface area contributed by atoms with E-state index >= 15 is 0 Å². The Hall–Kier alpha value is -17.2. The summed E-state index contributed by atoms with van der Waals surface area (Å²) in [6.45, 7) is 10.3. The molecule has 0 spiro atoms. The Morgan fingerprint density at radius 3 is 0.704 bits per heavy atom. The van der Waals surface area contributed by atoms with E-state index in [9.17, 15) is 0 Å². The summed E-state index contributed by atoms with van der Waals surface area (Å²) in [5, 5.41) is 37.7. The predicted octanol–water partition coefficient (Wildman–Crippen LogP) is 36.5. The Labute approximate surface area is 823 Å². The van der Waals surface area contributed by atoms with Crippen LogP contribution in [0.4, 0.5) is 0 Å². The molecular weight excluding hydrogens is 1740 g/mol. The van der Waals surface area contributed by atoms with Crippen LogP contribution in [0.3, 0.4) is 0 Å². The molecule has 142 heavy (non-hydrogen) atoms. The van der Waals surface area contributed by atoms with E-state index in [-0.39, 0.29) is 0 Å². The standard InChI is InChI=1S/2C70H42Si/c1-71(2)64-27-10-9-20-47(64)60-37-62-63(38-65(60)71)70(58-35-33-56-46-19-8-5-16-43(46)51-24-13-26-53(58)68(51)56)61-36-39(40-30-31-54-44-17-6-3-14-41(44)49-22-11-21-48(40)66(49)54)28-29-59(61)69(62)57-34-32-55-45-18-7-4-15-42(45)50-23-12-25-52(57)67(50)55;1-71(2)63-26-8-7-20-47(63)59-37-61-62(38-64(59)71)70(56-34-32-54-46-19-6-4-17-44(46)49-23-12-25-51(56)68(49)54)60-35-41(58-36-42-15-9-13-39-27-28-40-14-10-21-52(58)66(40)65(39)42)29-30-57(60)69(61)55-33-31-53-45-18-5-3-16-43(45)48-22-11-24-50(55)67(48)53/h2*3-38H,1-2H3. The van der Waals surface area contributed by atoms with Gasteiger partial charge in [-0.15, -0.1) is 0 Å². The third-order valence-electron chi connectivity index (χ3n) is 34.6. The highest BCUT2D eigenvalue weighted by molar-refractivity contribution is 7.04. The highest BCUT2D eigenvalue weighted by atomic mass is 28.3. The van der Waals surface area contributed by atoms with Gasteiger partial charge in [-0.2, -0.15) is 0 Å². The Morgan fingerprint density at radius 1 is 0.113 bits per heavy atom. The van der Waals surface area contributed by atoms with Gasteiger partial charge < -0.3 is 0 Å². The fourth-order valence-electron chi connectivity index (χ4n) is 28.5. The first kappa shape index (κ1) is 77.8. The average molecular weight is 1820 g/mol. The van der Waals surface area contributed by atoms with Crippen LogP contribution in [0.25, 0.3) is 330 Å².